The fourth-order valence-electron chi connectivity index (χ4n) is 3.43. The molecular weight excluding hydrogens is 438 g/mol. The zero-order valence-electron chi connectivity index (χ0n) is 18.4. The number of carbonyl (C=O) groups is 1. The Morgan fingerprint density at radius 2 is 1.67 bits per heavy atom. The summed E-state index contributed by atoms with van der Waals surface area (Å²) >= 11 is 0. The number of nitrogens with one attached hydrogen (secondary N) is 1. The van der Waals surface area contributed by atoms with Gasteiger partial charge in [-0.05, 0) is 71.3 Å². The van der Waals surface area contributed by atoms with E-state index in [0.717, 1.165) is 28.5 Å². The van der Waals surface area contributed by atoms with Crippen LogP contribution in [0.4, 0.5) is 0 Å². The largest absolute Gasteiger partial charge is 0.346 e. The van der Waals surface area contributed by atoms with Gasteiger partial charge in [0.1, 0.15) is 6.33 Å². The van der Waals surface area contributed by atoms with Crippen LogP contribution in [-0.4, -0.2) is 40.8 Å². The van der Waals surface area contributed by atoms with Gasteiger partial charge in [0.05, 0.1) is 16.6 Å². The number of benzene rings is 3. The molecule has 9 heteroatoms. The van der Waals surface area contributed by atoms with Gasteiger partial charge >= 0.3 is 0 Å². The summed E-state index contributed by atoms with van der Waals surface area (Å²) in [4.78, 5) is 13.4. The highest BCUT2D eigenvalue weighted by Gasteiger charge is 2.16. The van der Waals surface area contributed by atoms with Crippen LogP contribution in [0.1, 0.15) is 34.5 Å². The number of amides is 1. The van der Waals surface area contributed by atoms with Crippen LogP contribution in [0.2, 0.25) is 0 Å². The first-order valence-electron chi connectivity index (χ1n) is 10.3. The predicted octanol–water partition coefficient (Wildman–Crippen LogP) is 3.53. The van der Waals surface area contributed by atoms with Gasteiger partial charge in [0, 0.05) is 11.8 Å². The standard InChI is InChI=1S/C24H23N5O3S/c1-16-4-6-19(7-5-16)20-12-21(14-22(13-20)29-15-25-27-28-29)24(30)26-17(2)18-8-10-23(11-9-18)33(3,31)32/h4-15,17H,1-3H3,(H,26,30). The van der Waals surface area contributed by atoms with E-state index in [9.17, 15) is 13.2 Å². The molecule has 4 aromatic rings. The lowest BCUT2D eigenvalue weighted by molar-refractivity contribution is 0.0940. The molecule has 3 aromatic carbocycles. The van der Waals surface area contributed by atoms with Crippen molar-refractivity contribution in [3.63, 3.8) is 0 Å². The van der Waals surface area contributed by atoms with Crippen LogP contribution in [0.3, 0.4) is 0 Å². The Labute approximate surface area is 192 Å². The molecule has 8 nitrogen and oxygen atoms in total. The first-order chi connectivity index (χ1) is 15.7. The van der Waals surface area contributed by atoms with Crippen molar-refractivity contribution >= 4 is 15.7 Å². The van der Waals surface area contributed by atoms with Gasteiger partial charge in [0.15, 0.2) is 9.84 Å². The van der Waals surface area contributed by atoms with Crippen LogP contribution in [0, 0.1) is 6.92 Å². The van der Waals surface area contributed by atoms with Crippen molar-refractivity contribution in [2.45, 2.75) is 24.8 Å². The van der Waals surface area contributed by atoms with E-state index >= 15 is 0 Å². The van der Waals surface area contributed by atoms with Crippen molar-refractivity contribution in [3.8, 4) is 16.8 Å². The van der Waals surface area contributed by atoms with Crippen LogP contribution >= 0.6 is 0 Å². The quantitative estimate of drug-likeness (QED) is 0.471. The van der Waals surface area contributed by atoms with Crippen molar-refractivity contribution in [2.24, 2.45) is 0 Å². The van der Waals surface area contributed by atoms with Gasteiger partial charge in [-0.2, -0.15) is 0 Å². The normalized spacial score (nSPS) is 12.3. The van der Waals surface area contributed by atoms with Gasteiger partial charge in [-0.15, -0.1) is 5.10 Å². The van der Waals surface area contributed by atoms with E-state index in [0.29, 0.717) is 11.3 Å². The van der Waals surface area contributed by atoms with E-state index < -0.39 is 9.84 Å². The van der Waals surface area contributed by atoms with Crippen molar-refractivity contribution in [3.05, 3.63) is 89.7 Å². The lowest BCUT2D eigenvalue weighted by Gasteiger charge is -2.16. The fourth-order valence-corrected chi connectivity index (χ4v) is 4.06. The summed E-state index contributed by atoms with van der Waals surface area (Å²) in [7, 11) is -3.28. The van der Waals surface area contributed by atoms with Crippen molar-refractivity contribution in [1.29, 1.82) is 0 Å². The first-order valence-corrected chi connectivity index (χ1v) is 12.2. The number of aromatic nitrogens is 4. The van der Waals surface area contributed by atoms with Gasteiger partial charge < -0.3 is 5.32 Å². The molecule has 0 bridgehead atoms. The molecule has 1 amide bonds. The van der Waals surface area contributed by atoms with Gasteiger partial charge in [-0.25, -0.2) is 13.1 Å². The minimum absolute atomic E-state index is 0.238. The smallest absolute Gasteiger partial charge is 0.251 e. The third-order valence-corrected chi connectivity index (χ3v) is 6.46. The highest BCUT2D eigenvalue weighted by Crippen LogP contribution is 2.25. The molecule has 1 heterocycles. The van der Waals surface area contributed by atoms with Crippen LogP contribution in [-0.2, 0) is 9.84 Å². The third kappa shape index (κ3) is 5.15. The molecule has 4 rings (SSSR count). The molecule has 1 unspecified atom stereocenters. The summed E-state index contributed by atoms with van der Waals surface area (Å²) in [5.41, 5.74) is 4.88. The van der Waals surface area contributed by atoms with Crippen LogP contribution in [0.5, 0.6) is 0 Å². The first kappa shape index (κ1) is 22.3. The Balaban J connectivity index is 1.64. The number of aryl methyl sites for hydroxylation is 1. The number of nitrogens with zero attached hydrogens (tertiary/aromatic N) is 4. The monoisotopic (exact) mass is 461 g/mol. The van der Waals surface area contributed by atoms with Crippen molar-refractivity contribution in [2.75, 3.05) is 6.26 Å². The lowest BCUT2D eigenvalue weighted by atomic mass is 10.00. The fraction of sp³-hybridized carbons (Fsp3) is 0.167. The molecule has 168 valence electrons. The molecule has 1 atom stereocenters. The molecule has 0 spiro atoms. The zero-order chi connectivity index (χ0) is 23.6. The van der Waals surface area contributed by atoms with Gasteiger partial charge in [-0.1, -0.05) is 42.0 Å². The van der Waals surface area contributed by atoms with Gasteiger partial charge in [0.2, 0.25) is 0 Å². The minimum atomic E-state index is -3.28. The molecule has 1 aromatic heterocycles. The van der Waals surface area contributed by atoms with E-state index in [4.69, 9.17) is 0 Å². The van der Waals surface area contributed by atoms with Crippen molar-refractivity contribution in [1.82, 2.24) is 25.5 Å². The van der Waals surface area contributed by atoms with Crippen molar-refractivity contribution < 1.29 is 13.2 Å². The summed E-state index contributed by atoms with van der Waals surface area (Å²) in [6.07, 6.45) is 2.64. The average Bonchev–Trinajstić information content (AvgIpc) is 3.34. The summed E-state index contributed by atoms with van der Waals surface area (Å²) in [6.45, 7) is 3.86. The molecular formula is C24H23N5O3S. The number of carbonyl (C=O) groups excluding carboxylic acids is 1. The number of hydrogen-bond acceptors (Lipinski definition) is 6. The molecule has 0 aliphatic heterocycles. The summed E-state index contributed by atoms with van der Waals surface area (Å²) in [6, 6.07) is 19.7. The highest BCUT2D eigenvalue weighted by atomic mass is 32.2. The van der Waals surface area contributed by atoms with Crippen LogP contribution in [0.15, 0.2) is 78.0 Å². The van der Waals surface area contributed by atoms with E-state index in [1.165, 1.54) is 11.0 Å². The number of hydrogen-bond donors (Lipinski definition) is 1. The predicted molar refractivity (Wildman–Crippen MR) is 125 cm³/mol. The molecule has 0 fully saturated rings. The second kappa shape index (κ2) is 8.95. The second-order valence-electron chi connectivity index (χ2n) is 7.93. The second-order valence-corrected chi connectivity index (χ2v) is 9.94. The maximum absolute atomic E-state index is 13.1. The molecule has 33 heavy (non-hydrogen) atoms. The van der Waals surface area contributed by atoms with Crippen LogP contribution in [0.25, 0.3) is 16.8 Å². The minimum Gasteiger partial charge on any atom is -0.346 e. The SMILES string of the molecule is Cc1ccc(-c2cc(C(=O)NC(C)c3ccc(S(C)(=O)=O)cc3)cc(-n3cnnn3)c2)cc1. The Morgan fingerprint density at radius 3 is 2.27 bits per heavy atom. The Hall–Kier alpha value is -3.85. The molecule has 0 aliphatic rings. The number of rotatable bonds is 6. The average molecular weight is 462 g/mol. The van der Waals surface area contributed by atoms with Gasteiger partial charge in [0.25, 0.3) is 5.91 Å². The van der Waals surface area contributed by atoms with E-state index in [-0.39, 0.29) is 16.8 Å². The molecule has 0 radical (unpaired) electrons. The lowest BCUT2D eigenvalue weighted by Crippen LogP contribution is -2.26. The summed E-state index contributed by atoms with van der Waals surface area (Å²) < 4.78 is 24.9. The van der Waals surface area contributed by atoms with Gasteiger partial charge in [-0.3, -0.25) is 4.79 Å². The van der Waals surface area contributed by atoms with E-state index in [1.54, 1.807) is 30.3 Å². The Kier molecular flexibility index (Phi) is 6.06. The maximum Gasteiger partial charge on any atom is 0.251 e. The molecule has 1 N–H and O–H groups in total. The summed E-state index contributed by atoms with van der Waals surface area (Å²) in [5, 5.41) is 14.3. The number of sulfone groups is 1. The van der Waals surface area contributed by atoms with Crippen LogP contribution < -0.4 is 5.32 Å². The number of tetrazole rings is 1. The third-order valence-electron chi connectivity index (χ3n) is 5.33. The highest BCUT2D eigenvalue weighted by molar-refractivity contribution is 7.90. The zero-order valence-corrected chi connectivity index (χ0v) is 19.2. The molecule has 0 saturated carbocycles. The topological polar surface area (TPSA) is 107 Å². The van der Waals surface area contributed by atoms with E-state index in [1.807, 2.05) is 50.2 Å². The molecule has 0 saturated heterocycles. The Bertz CT molecular complexity index is 1380. The Morgan fingerprint density at radius 1 is 0.970 bits per heavy atom. The van der Waals surface area contributed by atoms with E-state index in [2.05, 4.69) is 20.8 Å². The maximum atomic E-state index is 13.1. The summed E-state index contributed by atoms with van der Waals surface area (Å²) in [5.74, 6) is -0.266. The molecule has 0 aliphatic carbocycles.